The maximum Gasteiger partial charge on any atom is 0.123 e. The molecule has 1 aromatic rings. The Morgan fingerprint density at radius 1 is 1.44 bits per heavy atom. The molecule has 2 N–H and O–H groups in total. The lowest BCUT2D eigenvalue weighted by atomic mass is 9.78. The molecule has 0 bridgehead atoms. The van der Waals surface area contributed by atoms with Crippen molar-refractivity contribution in [3.63, 3.8) is 0 Å². The minimum Gasteiger partial charge on any atom is -0.330 e. The average molecular weight is 221 g/mol. The van der Waals surface area contributed by atoms with E-state index in [4.69, 9.17) is 5.73 Å². The molecular formula is C14H20FN. The van der Waals surface area contributed by atoms with E-state index in [1.807, 2.05) is 13.0 Å². The quantitative estimate of drug-likeness (QED) is 0.831. The zero-order valence-electron chi connectivity index (χ0n) is 10.1. The molecule has 0 radical (unpaired) electrons. The van der Waals surface area contributed by atoms with Crippen LogP contribution >= 0.6 is 0 Å². The van der Waals surface area contributed by atoms with Crippen LogP contribution < -0.4 is 5.73 Å². The lowest BCUT2D eigenvalue weighted by Crippen LogP contribution is -2.32. The molecule has 1 aliphatic rings. The highest BCUT2D eigenvalue weighted by Crippen LogP contribution is 2.46. The van der Waals surface area contributed by atoms with Gasteiger partial charge in [0.05, 0.1) is 0 Å². The number of rotatable bonds is 4. The van der Waals surface area contributed by atoms with Crippen LogP contribution in [0.5, 0.6) is 0 Å². The van der Waals surface area contributed by atoms with E-state index < -0.39 is 0 Å². The van der Waals surface area contributed by atoms with Crippen LogP contribution in [0.3, 0.4) is 0 Å². The van der Waals surface area contributed by atoms with Gasteiger partial charge in [-0.15, -0.1) is 0 Å². The maximum absolute atomic E-state index is 13.2. The topological polar surface area (TPSA) is 26.0 Å². The second-order valence-electron chi connectivity index (χ2n) is 5.38. The lowest BCUT2D eigenvalue weighted by Gasteiger charge is -2.28. The van der Waals surface area contributed by atoms with Crippen LogP contribution in [0.15, 0.2) is 18.2 Å². The third-order valence-electron chi connectivity index (χ3n) is 3.93. The van der Waals surface area contributed by atoms with Gasteiger partial charge >= 0.3 is 0 Å². The molecule has 0 spiro atoms. The van der Waals surface area contributed by atoms with E-state index >= 15 is 0 Å². The molecule has 1 atom stereocenters. The molecule has 16 heavy (non-hydrogen) atoms. The molecule has 1 saturated carbocycles. The minimum atomic E-state index is -0.143. The second-order valence-corrected chi connectivity index (χ2v) is 5.38. The highest BCUT2D eigenvalue weighted by molar-refractivity contribution is 5.28. The summed E-state index contributed by atoms with van der Waals surface area (Å²) in [6, 6.07) is 5.04. The largest absolute Gasteiger partial charge is 0.330 e. The molecule has 2 rings (SSSR count). The van der Waals surface area contributed by atoms with E-state index in [-0.39, 0.29) is 11.2 Å². The van der Waals surface area contributed by atoms with Crippen molar-refractivity contribution < 1.29 is 4.39 Å². The van der Waals surface area contributed by atoms with E-state index in [1.165, 1.54) is 24.5 Å². The third-order valence-corrected chi connectivity index (χ3v) is 3.93. The summed E-state index contributed by atoms with van der Waals surface area (Å²) < 4.78 is 13.2. The first-order valence-electron chi connectivity index (χ1n) is 6.00. The van der Waals surface area contributed by atoms with E-state index in [9.17, 15) is 4.39 Å². The smallest absolute Gasteiger partial charge is 0.123 e. The Bertz CT molecular complexity index is 384. The van der Waals surface area contributed by atoms with Crippen molar-refractivity contribution in [2.45, 2.75) is 33.1 Å². The Morgan fingerprint density at radius 3 is 2.69 bits per heavy atom. The molecule has 0 amide bonds. The van der Waals surface area contributed by atoms with Gasteiger partial charge in [0.2, 0.25) is 0 Å². The number of halogens is 1. The molecule has 0 aromatic heterocycles. The molecule has 2 heteroatoms. The van der Waals surface area contributed by atoms with Gasteiger partial charge in [0, 0.05) is 0 Å². The van der Waals surface area contributed by atoms with Crippen molar-refractivity contribution in [3.05, 3.63) is 35.1 Å². The predicted octanol–water partition coefficient (Wildman–Crippen LogP) is 3.05. The van der Waals surface area contributed by atoms with Crippen molar-refractivity contribution in [1.82, 2.24) is 0 Å². The Morgan fingerprint density at radius 2 is 2.12 bits per heavy atom. The molecule has 1 aliphatic carbocycles. The van der Waals surface area contributed by atoms with Gasteiger partial charge < -0.3 is 5.73 Å². The fraction of sp³-hybridized carbons (Fsp3) is 0.571. The summed E-state index contributed by atoms with van der Waals surface area (Å²) >= 11 is 0. The maximum atomic E-state index is 13.2. The summed E-state index contributed by atoms with van der Waals surface area (Å²) in [5, 5.41) is 0. The molecule has 0 aliphatic heterocycles. The van der Waals surface area contributed by atoms with Gasteiger partial charge in [-0.2, -0.15) is 0 Å². The van der Waals surface area contributed by atoms with E-state index in [2.05, 4.69) is 6.92 Å². The van der Waals surface area contributed by atoms with E-state index in [0.717, 1.165) is 17.9 Å². The first-order valence-corrected chi connectivity index (χ1v) is 6.00. The summed E-state index contributed by atoms with van der Waals surface area (Å²) in [6.45, 7) is 4.96. The van der Waals surface area contributed by atoms with Gasteiger partial charge in [0.15, 0.2) is 0 Å². The molecule has 1 fully saturated rings. The zero-order valence-corrected chi connectivity index (χ0v) is 10.1. The highest BCUT2D eigenvalue weighted by atomic mass is 19.1. The standard InChI is InChI=1S/C14H20FN/c1-10-3-6-13(15)7-11(10)8-14(2,9-16)12-4-5-12/h3,6-7,12H,4-5,8-9,16H2,1-2H3. The third kappa shape index (κ3) is 2.27. The Labute approximate surface area is 96.9 Å². The van der Waals surface area contributed by atoms with Crippen LogP contribution in [-0.2, 0) is 6.42 Å². The summed E-state index contributed by atoms with van der Waals surface area (Å²) in [4.78, 5) is 0. The van der Waals surface area contributed by atoms with Crippen molar-refractivity contribution in [1.29, 1.82) is 0 Å². The second kappa shape index (κ2) is 4.17. The summed E-state index contributed by atoms with van der Waals surface area (Å²) in [6.07, 6.45) is 3.46. The van der Waals surface area contributed by atoms with Crippen LogP contribution in [-0.4, -0.2) is 6.54 Å². The van der Waals surface area contributed by atoms with Crippen LogP contribution in [0.25, 0.3) is 0 Å². The SMILES string of the molecule is Cc1ccc(F)cc1CC(C)(CN)C1CC1. The van der Waals surface area contributed by atoms with Gasteiger partial charge in [0.25, 0.3) is 0 Å². The van der Waals surface area contributed by atoms with Gasteiger partial charge in [0.1, 0.15) is 5.82 Å². The molecule has 1 unspecified atom stereocenters. The van der Waals surface area contributed by atoms with Crippen LogP contribution in [0.1, 0.15) is 30.9 Å². The van der Waals surface area contributed by atoms with E-state index in [0.29, 0.717) is 6.54 Å². The highest BCUT2D eigenvalue weighted by Gasteiger charge is 2.40. The Balaban J connectivity index is 2.21. The first kappa shape index (κ1) is 11.6. The Kier molecular flexibility index (Phi) is 3.02. The molecule has 88 valence electrons. The normalized spacial score (nSPS) is 19.5. The predicted molar refractivity (Wildman–Crippen MR) is 64.7 cm³/mol. The number of benzene rings is 1. The first-order chi connectivity index (χ1) is 7.55. The van der Waals surface area contributed by atoms with E-state index in [1.54, 1.807) is 6.07 Å². The summed E-state index contributed by atoms with van der Waals surface area (Å²) in [5.74, 6) is 0.593. The van der Waals surface area contributed by atoms with Crippen LogP contribution in [0, 0.1) is 24.1 Å². The lowest BCUT2D eigenvalue weighted by molar-refractivity contribution is 0.281. The number of nitrogens with two attached hydrogens (primary N) is 1. The fourth-order valence-corrected chi connectivity index (χ4v) is 2.43. The molecule has 0 heterocycles. The van der Waals surface area contributed by atoms with Crippen molar-refractivity contribution >= 4 is 0 Å². The molecule has 1 aromatic carbocycles. The number of hydrogen-bond acceptors (Lipinski definition) is 1. The monoisotopic (exact) mass is 221 g/mol. The summed E-state index contributed by atoms with van der Waals surface area (Å²) in [5.41, 5.74) is 8.32. The van der Waals surface area contributed by atoms with Crippen molar-refractivity contribution in [3.8, 4) is 0 Å². The van der Waals surface area contributed by atoms with Crippen LogP contribution in [0.2, 0.25) is 0 Å². The number of hydrogen-bond donors (Lipinski definition) is 1. The minimum absolute atomic E-state index is 0.143. The molecule has 1 nitrogen and oxygen atoms in total. The van der Waals surface area contributed by atoms with Crippen molar-refractivity contribution in [2.75, 3.05) is 6.54 Å². The average Bonchev–Trinajstić information content (AvgIpc) is 3.07. The van der Waals surface area contributed by atoms with Crippen molar-refractivity contribution in [2.24, 2.45) is 17.1 Å². The van der Waals surface area contributed by atoms with Gasteiger partial charge in [-0.1, -0.05) is 13.0 Å². The molecular weight excluding hydrogens is 201 g/mol. The van der Waals surface area contributed by atoms with Gasteiger partial charge in [-0.3, -0.25) is 0 Å². The van der Waals surface area contributed by atoms with Gasteiger partial charge in [-0.25, -0.2) is 4.39 Å². The molecule has 0 saturated heterocycles. The van der Waals surface area contributed by atoms with Gasteiger partial charge in [-0.05, 0) is 67.3 Å². The summed E-state index contributed by atoms with van der Waals surface area (Å²) in [7, 11) is 0. The number of aryl methyl sites for hydroxylation is 1. The van der Waals surface area contributed by atoms with Crippen LogP contribution in [0.4, 0.5) is 4.39 Å². The fourth-order valence-electron chi connectivity index (χ4n) is 2.43. The Hall–Kier alpha value is -0.890. The zero-order chi connectivity index (χ0) is 11.8.